The van der Waals surface area contributed by atoms with Crippen LogP contribution in [0.1, 0.15) is 48.7 Å². The first-order chi connectivity index (χ1) is 23.3. The van der Waals surface area contributed by atoms with Gasteiger partial charge in [0.2, 0.25) is 16.6 Å². The first kappa shape index (κ1) is 32.2. The fourth-order valence-electron chi connectivity index (χ4n) is 7.16. The van der Waals surface area contributed by atoms with Crippen LogP contribution in [0.2, 0.25) is 0 Å². The van der Waals surface area contributed by atoms with Crippen molar-refractivity contribution in [3.05, 3.63) is 108 Å². The van der Waals surface area contributed by atoms with Crippen LogP contribution >= 0.6 is 0 Å². The van der Waals surface area contributed by atoms with Gasteiger partial charge < -0.3 is 19.1 Å². The molecular weight excluding hydrogens is 627 g/mol. The summed E-state index contributed by atoms with van der Waals surface area (Å²) in [5, 5.41) is 0. The lowest BCUT2D eigenvalue weighted by atomic mass is 9.98. The van der Waals surface area contributed by atoms with Gasteiger partial charge in [0.25, 0.3) is 5.91 Å². The Morgan fingerprint density at radius 2 is 1.50 bits per heavy atom. The second kappa shape index (κ2) is 13.6. The van der Waals surface area contributed by atoms with E-state index in [1.54, 1.807) is 24.3 Å². The van der Waals surface area contributed by atoms with Crippen LogP contribution in [0.15, 0.2) is 107 Å². The number of para-hydroxylation sites is 2. The number of piperidine rings is 1. The highest BCUT2D eigenvalue weighted by Crippen LogP contribution is 2.36. The van der Waals surface area contributed by atoms with Crippen molar-refractivity contribution in [3.8, 4) is 23.0 Å². The van der Waals surface area contributed by atoms with E-state index >= 15 is 0 Å². The third-order valence-corrected chi connectivity index (χ3v) is 11.7. The molecule has 0 aromatic heterocycles. The number of piperazine rings is 1. The number of carbonyl (C=O) groups is 1. The molecule has 10 heteroatoms. The maximum absolute atomic E-state index is 13.6. The molecule has 0 saturated carbocycles. The van der Waals surface area contributed by atoms with Crippen molar-refractivity contribution < 1.29 is 27.4 Å². The summed E-state index contributed by atoms with van der Waals surface area (Å²) in [4.78, 5) is 21.1. The molecule has 2 saturated heterocycles. The van der Waals surface area contributed by atoms with Crippen molar-refractivity contribution >= 4 is 15.7 Å². The summed E-state index contributed by atoms with van der Waals surface area (Å²) in [6.45, 7) is 8.82. The average molecular weight is 668 g/mol. The Morgan fingerprint density at radius 1 is 0.812 bits per heavy atom. The van der Waals surface area contributed by atoms with Gasteiger partial charge in [-0.3, -0.25) is 14.6 Å². The number of nitrogens with zero attached hydrogens (tertiary/aromatic N) is 3. The number of rotatable bonds is 8. The maximum atomic E-state index is 13.6. The van der Waals surface area contributed by atoms with E-state index in [1.165, 1.54) is 6.07 Å². The van der Waals surface area contributed by atoms with Crippen LogP contribution in [0.25, 0.3) is 0 Å². The fourth-order valence-corrected chi connectivity index (χ4v) is 8.43. The van der Waals surface area contributed by atoms with E-state index in [4.69, 9.17) is 14.2 Å². The maximum Gasteiger partial charge on any atom is 0.257 e. The molecule has 3 aliphatic rings. The molecule has 3 aliphatic heterocycles. The minimum absolute atomic E-state index is 0.0155. The summed E-state index contributed by atoms with van der Waals surface area (Å²) < 4.78 is 43.4. The van der Waals surface area contributed by atoms with E-state index in [0.717, 1.165) is 51.1 Å². The molecule has 2 atom stereocenters. The highest BCUT2D eigenvalue weighted by atomic mass is 32.2. The molecule has 4 aromatic rings. The molecule has 7 rings (SSSR count). The van der Waals surface area contributed by atoms with E-state index in [0.29, 0.717) is 40.6 Å². The van der Waals surface area contributed by atoms with E-state index in [2.05, 4.69) is 23.6 Å². The summed E-state index contributed by atoms with van der Waals surface area (Å²) in [7, 11) is -3.69. The number of fused-ring (bicyclic) bond motifs is 1. The van der Waals surface area contributed by atoms with Crippen LogP contribution in [-0.2, 0) is 9.84 Å². The topological polar surface area (TPSA) is 88.6 Å². The Bertz CT molecular complexity index is 1860. The van der Waals surface area contributed by atoms with Gasteiger partial charge in [0, 0.05) is 56.9 Å². The molecule has 0 bridgehead atoms. The second-order valence-electron chi connectivity index (χ2n) is 12.8. The molecule has 4 aromatic carbocycles. The Hall–Kier alpha value is -4.38. The predicted octanol–water partition coefficient (Wildman–Crippen LogP) is 6.41. The van der Waals surface area contributed by atoms with Crippen LogP contribution in [0.5, 0.6) is 23.0 Å². The Kier molecular flexibility index (Phi) is 9.13. The predicted molar refractivity (Wildman–Crippen MR) is 182 cm³/mol. The molecule has 3 heterocycles. The van der Waals surface area contributed by atoms with Crippen molar-refractivity contribution in [2.75, 3.05) is 39.5 Å². The summed E-state index contributed by atoms with van der Waals surface area (Å²) in [5.41, 5.74) is 1.68. The second-order valence-corrected chi connectivity index (χ2v) is 14.7. The van der Waals surface area contributed by atoms with Crippen LogP contribution in [0.3, 0.4) is 0 Å². The summed E-state index contributed by atoms with van der Waals surface area (Å²) in [6, 6.07) is 29.9. The molecule has 0 spiro atoms. The van der Waals surface area contributed by atoms with Crippen molar-refractivity contribution in [2.24, 2.45) is 0 Å². The van der Waals surface area contributed by atoms with Gasteiger partial charge in [0.15, 0.2) is 11.5 Å². The third-order valence-electron chi connectivity index (χ3n) is 9.89. The van der Waals surface area contributed by atoms with Crippen LogP contribution in [0, 0.1) is 0 Å². The van der Waals surface area contributed by atoms with Crippen molar-refractivity contribution in [1.29, 1.82) is 0 Å². The molecule has 1 amide bonds. The number of ether oxygens (including phenoxy) is 3. The van der Waals surface area contributed by atoms with Crippen molar-refractivity contribution in [1.82, 2.24) is 14.7 Å². The minimum atomic E-state index is -3.69. The molecule has 0 radical (unpaired) electrons. The molecular formula is C38H41N3O6S. The lowest BCUT2D eigenvalue weighted by molar-refractivity contribution is 0.0135. The smallest absolute Gasteiger partial charge is 0.257 e. The van der Waals surface area contributed by atoms with Crippen LogP contribution in [-0.4, -0.2) is 80.6 Å². The summed E-state index contributed by atoms with van der Waals surface area (Å²) in [6.07, 6.45) is 1.88. The molecule has 2 fully saturated rings. The van der Waals surface area contributed by atoms with E-state index in [-0.39, 0.29) is 28.5 Å². The standard InChI is InChI=1S/C38H41N3O6S/c1-27-25-40(30-18-20-39(21-19-30)38(42)34-10-6-7-11-35(34)47-31-8-4-3-5-9-31)22-23-41(27)28(2)29-12-14-32(15-13-29)48(43,44)33-16-17-36-37(24-33)46-26-45-36/h3-17,24,27-28,30H,18-23,25-26H2,1-2H3/t27-,28+/m1/s1. The van der Waals surface area contributed by atoms with Crippen LogP contribution in [0.4, 0.5) is 0 Å². The zero-order valence-corrected chi connectivity index (χ0v) is 28.1. The zero-order chi connectivity index (χ0) is 33.3. The number of carbonyl (C=O) groups excluding carboxylic acids is 1. The van der Waals surface area contributed by atoms with Gasteiger partial charge in [-0.1, -0.05) is 42.5 Å². The largest absolute Gasteiger partial charge is 0.457 e. The SMILES string of the molecule is C[C@@H]1CN(C2CCN(C(=O)c3ccccc3Oc3ccccc3)CC2)CCN1[C@@H](C)c1ccc(S(=O)(=O)c2ccc3c(c2)OCO3)cc1. The quantitative estimate of drug-likeness (QED) is 0.213. The number of hydrogen-bond acceptors (Lipinski definition) is 8. The van der Waals surface area contributed by atoms with E-state index < -0.39 is 9.84 Å². The van der Waals surface area contributed by atoms with Gasteiger partial charge in [-0.15, -0.1) is 0 Å². The summed E-state index contributed by atoms with van der Waals surface area (Å²) >= 11 is 0. The normalized spacial score (nSPS) is 19.6. The van der Waals surface area contributed by atoms with E-state index in [9.17, 15) is 13.2 Å². The van der Waals surface area contributed by atoms with Crippen molar-refractivity contribution in [2.45, 2.75) is 54.6 Å². The third kappa shape index (κ3) is 6.52. The highest BCUT2D eigenvalue weighted by Gasteiger charge is 2.34. The average Bonchev–Trinajstić information content (AvgIpc) is 3.60. The van der Waals surface area contributed by atoms with E-state index in [1.807, 2.05) is 71.6 Å². The number of likely N-dealkylation sites (tertiary alicyclic amines) is 1. The van der Waals surface area contributed by atoms with Gasteiger partial charge in [0.05, 0.1) is 15.4 Å². The molecule has 0 N–H and O–H groups in total. The molecule has 48 heavy (non-hydrogen) atoms. The number of benzene rings is 4. The van der Waals surface area contributed by atoms with Gasteiger partial charge >= 0.3 is 0 Å². The summed E-state index contributed by atoms with van der Waals surface area (Å²) in [5.74, 6) is 2.31. The fraction of sp³-hybridized carbons (Fsp3) is 0.342. The van der Waals surface area contributed by atoms with Gasteiger partial charge in [0.1, 0.15) is 11.5 Å². The van der Waals surface area contributed by atoms with Gasteiger partial charge in [-0.05, 0) is 80.8 Å². The lowest BCUT2D eigenvalue weighted by Crippen LogP contribution is -2.57. The number of hydrogen-bond donors (Lipinski definition) is 0. The minimum Gasteiger partial charge on any atom is -0.457 e. The van der Waals surface area contributed by atoms with Crippen molar-refractivity contribution in [3.63, 3.8) is 0 Å². The Labute approximate surface area is 282 Å². The molecule has 250 valence electrons. The lowest BCUT2D eigenvalue weighted by Gasteiger charge is -2.47. The first-order valence-corrected chi connectivity index (χ1v) is 18.1. The first-order valence-electron chi connectivity index (χ1n) is 16.6. The van der Waals surface area contributed by atoms with Gasteiger partial charge in [-0.2, -0.15) is 0 Å². The monoisotopic (exact) mass is 667 g/mol. The highest BCUT2D eigenvalue weighted by molar-refractivity contribution is 7.91. The molecule has 0 aliphatic carbocycles. The number of sulfone groups is 1. The number of amides is 1. The molecule has 9 nitrogen and oxygen atoms in total. The van der Waals surface area contributed by atoms with Crippen LogP contribution < -0.4 is 14.2 Å². The Morgan fingerprint density at radius 3 is 2.25 bits per heavy atom. The van der Waals surface area contributed by atoms with Gasteiger partial charge in [-0.25, -0.2) is 8.42 Å². The molecule has 0 unspecified atom stereocenters. The zero-order valence-electron chi connectivity index (χ0n) is 27.3. The Balaban J connectivity index is 0.934.